The van der Waals surface area contributed by atoms with Crippen LogP contribution in [0.15, 0.2) is 24.3 Å². The average molecular weight is 379 g/mol. The molecular weight excluding hydrogens is 346 g/mol. The topological polar surface area (TPSA) is 89.7 Å². The van der Waals surface area contributed by atoms with Crippen molar-refractivity contribution < 1.29 is 19.6 Å². The van der Waals surface area contributed by atoms with Crippen molar-refractivity contribution in [2.75, 3.05) is 6.61 Å². The molecule has 1 N–H and O–H groups in total. The highest BCUT2D eigenvalue weighted by Gasteiger charge is 2.03. The second-order valence-corrected chi connectivity index (χ2v) is 7.03. The summed E-state index contributed by atoms with van der Waals surface area (Å²) < 4.78 is 4.47. The number of aryl methyl sites for hydroxylation is 1. The van der Waals surface area contributed by atoms with Crippen LogP contribution in [0, 0.1) is 10.1 Å². The molecule has 0 aliphatic rings. The summed E-state index contributed by atoms with van der Waals surface area (Å²) in [5.74, 6) is 0. The monoisotopic (exact) mass is 379 g/mol. The van der Waals surface area contributed by atoms with Gasteiger partial charge in [0.05, 0.1) is 11.5 Å². The lowest BCUT2D eigenvalue weighted by Crippen LogP contribution is -2.01. The molecule has 0 saturated carbocycles. The fraction of sp³-hybridized carbons (Fsp3) is 0.667. The Hall–Kier alpha value is -2.11. The number of ether oxygens (including phenoxy) is 1. The van der Waals surface area contributed by atoms with Gasteiger partial charge in [-0.3, -0.25) is 10.1 Å². The highest BCUT2D eigenvalue weighted by atomic mass is 16.7. The van der Waals surface area contributed by atoms with E-state index >= 15 is 0 Å². The molecule has 0 aromatic heterocycles. The zero-order valence-corrected chi connectivity index (χ0v) is 16.2. The van der Waals surface area contributed by atoms with Crippen LogP contribution in [0.2, 0.25) is 0 Å². The van der Waals surface area contributed by atoms with Crippen molar-refractivity contribution in [2.45, 2.75) is 83.5 Å². The van der Waals surface area contributed by atoms with Gasteiger partial charge in [0.1, 0.15) is 0 Å². The van der Waals surface area contributed by atoms with Crippen LogP contribution in [0.4, 0.5) is 10.5 Å². The predicted molar refractivity (Wildman–Crippen MR) is 106 cm³/mol. The van der Waals surface area contributed by atoms with Gasteiger partial charge in [-0.05, 0) is 24.8 Å². The third-order valence-corrected chi connectivity index (χ3v) is 4.73. The highest BCUT2D eigenvalue weighted by molar-refractivity contribution is 5.56. The van der Waals surface area contributed by atoms with Gasteiger partial charge in [0.2, 0.25) is 0 Å². The van der Waals surface area contributed by atoms with Crippen molar-refractivity contribution in [1.29, 1.82) is 0 Å². The number of non-ortho nitro benzene ring substituents is 1. The number of hydrogen-bond donors (Lipinski definition) is 1. The molecular formula is C21H33NO5. The van der Waals surface area contributed by atoms with Crippen LogP contribution in [0.3, 0.4) is 0 Å². The summed E-state index contributed by atoms with van der Waals surface area (Å²) in [4.78, 5) is 20.4. The summed E-state index contributed by atoms with van der Waals surface area (Å²) in [6, 6.07) is 6.88. The molecule has 0 saturated heterocycles. The minimum Gasteiger partial charge on any atom is -0.450 e. The zero-order chi connectivity index (χ0) is 19.7. The lowest BCUT2D eigenvalue weighted by atomic mass is 10.0. The van der Waals surface area contributed by atoms with Crippen molar-refractivity contribution in [1.82, 2.24) is 0 Å². The van der Waals surface area contributed by atoms with Crippen LogP contribution in [0.5, 0.6) is 0 Å². The van der Waals surface area contributed by atoms with Gasteiger partial charge >= 0.3 is 6.16 Å². The van der Waals surface area contributed by atoms with Gasteiger partial charge < -0.3 is 9.84 Å². The molecule has 6 heteroatoms. The molecule has 152 valence electrons. The Balaban J connectivity index is 1.82. The number of carbonyl (C=O) groups is 1. The Morgan fingerprint density at radius 3 is 1.70 bits per heavy atom. The molecule has 0 atom stereocenters. The van der Waals surface area contributed by atoms with E-state index in [1.54, 1.807) is 12.1 Å². The number of nitro benzene ring substituents is 1. The molecule has 0 radical (unpaired) electrons. The molecule has 6 nitrogen and oxygen atoms in total. The lowest BCUT2D eigenvalue weighted by Gasteiger charge is -2.04. The van der Waals surface area contributed by atoms with Crippen LogP contribution in [0.25, 0.3) is 0 Å². The van der Waals surface area contributed by atoms with Crippen molar-refractivity contribution in [2.24, 2.45) is 0 Å². The zero-order valence-electron chi connectivity index (χ0n) is 16.2. The number of nitro groups is 1. The van der Waals surface area contributed by atoms with E-state index < -0.39 is 6.16 Å². The molecule has 0 aliphatic heterocycles. The summed E-state index contributed by atoms with van der Waals surface area (Å²) in [6.07, 6.45) is 14.1. The van der Waals surface area contributed by atoms with Crippen LogP contribution >= 0.6 is 0 Å². The quantitative estimate of drug-likeness (QED) is 0.153. The normalized spacial score (nSPS) is 10.7. The van der Waals surface area contributed by atoms with Crippen LogP contribution in [-0.2, 0) is 11.2 Å². The molecule has 0 amide bonds. The Morgan fingerprint density at radius 1 is 0.815 bits per heavy atom. The summed E-state index contributed by atoms with van der Waals surface area (Å²) in [7, 11) is 0. The maximum absolute atomic E-state index is 10.6. The van der Waals surface area contributed by atoms with Gasteiger partial charge in [-0.2, -0.15) is 0 Å². The average Bonchev–Trinajstić information content (AvgIpc) is 2.65. The predicted octanol–water partition coefficient (Wildman–Crippen LogP) is 6.51. The largest absolute Gasteiger partial charge is 0.505 e. The van der Waals surface area contributed by atoms with Crippen LogP contribution in [0.1, 0.15) is 82.6 Å². The molecule has 1 rings (SSSR count). The molecule has 0 spiro atoms. The van der Waals surface area contributed by atoms with E-state index in [-0.39, 0.29) is 10.6 Å². The lowest BCUT2D eigenvalue weighted by molar-refractivity contribution is -0.384. The van der Waals surface area contributed by atoms with Crippen LogP contribution < -0.4 is 0 Å². The minimum absolute atomic E-state index is 0.158. The maximum atomic E-state index is 10.6. The van der Waals surface area contributed by atoms with Crippen molar-refractivity contribution >= 4 is 11.8 Å². The number of nitrogens with zero attached hydrogens (tertiary/aromatic N) is 1. The number of carboxylic acid groups (broad SMARTS) is 1. The second-order valence-electron chi connectivity index (χ2n) is 7.03. The molecule has 0 unspecified atom stereocenters. The first-order chi connectivity index (χ1) is 13.1. The van der Waals surface area contributed by atoms with E-state index in [4.69, 9.17) is 5.11 Å². The first-order valence-electron chi connectivity index (χ1n) is 10.2. The number of benzene rings is 1. The Kier molecular flexibility index (Phi) is 12.7. The van der Waals surface area contributed by atoms with Gasteiger partial charge in [0.25, 0.3) is 5.69 Å². The van der Waals surface area contributed by atoms with Gasteiger partial charge in [0.15, 0.2) is 0 Å². The maximum Gasteiger partial charge on any atom is 0.505 e. The third kappa shape index (κ3) is 12.8. The van der Waals surface area contributed by atoms with Gasteiger partial charge in [-0.15, -0.1) is 0 Å². The summed E-state index contributed by atoms with van der Waals surface area (Å²) in [5.41, 5.74) is 1.33. The van der Waals surface area contributed by atoms with Gasteiger partial charge in [-0.1, -0.05) is 76.3 Å². The smallest absolute Gasteiger partial charge is 0.450 e. The van der Waals surface area contributed by atoms with Crippen molar-refractivity contribution in [3.63, 3.8) is 0 Å². The molecule has 1 aromatic rings. The summed E-state index contributed by atoms with van der Waals surface area (Å²) in [5, 5.41) is 19.0. The summed E-state index contributed by atoms with van der Waals surface area (Å²) >= 11 is 0. The SMILES string of the molecule is O=C(O)OCCCCCCCCCCCCCCc1ccc([N+](=O)[O-])cc1. The summed E-state index contributed by atoms with van der Waals surface area (Å²) in [6.45, 7) is 0.319. The Morgan fingerprint density at radius 2 is 1.26 bits per heavy atom. The molecule has 0 heterocycles. The fourth-order valence-corrected chi connectivity index (χ4v) is 3.14. The minimum atomic E-state index is -1.18. The number of hydrogen-bond acceptors (Lipinski definition) is 4. The Labute approximate surface area is 162 Å². The van der Waals surface area contributed by atoms with Gasteiger partial charge in [0, 0.05) is 12.1 Å². The molecule has 0 bridgehead atoms. The van der Waals surface area contributed by atoms with Crippen molar-refractivity contribution in [3.05, 3.63) is 39.9 Å². The van der Waals surface area contributed by atoms with E-state index in [2.05, 4.69) is 4.74 Å². The highest BCUT2D eigenvalue weighted by Crippen LogP contribution is 2.15. The van der Waals surface area contributed by atoms with E-state index in [9.17, 15) is 14.9 Å². The van der Waals surface area contributed by atoms with Gasteiger partial charge in [-0.25, -0.2) is 4.79 Å². The first-order valence-corrected chi connectivity index (χ1v) is 10.2. The van der Waals surface area contributed by atoms with Crippen LogP contribution in [-0.4, -0.2) is 22.8 Å². The van der Waals surface area contributed by atoms with E-state index in [0.29, 0.717) is 6.61 Å². The number of rotatable bonds is 16. The standard InChI is InChI=1S/C21H33NO5/c23-21(24)27-18-12-10-8-6-4-2-1-3-5-7-9-11-13-19-14-16-20(17-15-19)22(25)26/h14-17H,1-13,18H2,(H,23,24). The van der Waals surface area contributed by atoms with E-state index in [1.165, 1.54) is 56.9 Å². The fourth-order valence-electron chi connectivity index (χ4n) is 3.14. The van der Waals surface area contributed by atoms with E-state index in [1.807, 2.05) is 12.1 Å². The second kappa shape index (κ2) is 15.0. The van der Waals surface area contributed by atoms with E-state index in [0.717, 1.165) is 32.1 Å². The third-order valence-electron chi connectivity index (χ3n) is 4.73. The molecule has 1 aromatic carbocycles. The van der Waals surface area contributed by atoms with Crippen molar-refractivity contribution in [3.8, 4) is 0 Å². The number of unbranched alkanes of at least 4 members (excludes halogenated alkanes) is 11. The molecule has 0 fully saturated rings. The molecule has 27 heavy (non-hydrogen) atoms. The first kappa shape index (κ1) is 22.9. The Bertz CT molecular complexity index is 530. The molecule has 0 aliphatic carbocycles.